The summed E-state index contributed by atoms with van der Waals surface area (Å²) in [6.45, 7) is 2.67. The van der Waals surface area contributed by atoms with Crippen LogP contribution < -0.4 is 15.4 Å². The number of methoxy groups -OCH3 is 1. The molecule has 2 saturated carbocycles. The molecule has 2 aliphatic carbocycles. The lowest BCUT2D eigenvalue weighted by Gasteiger charge is -2.58. The van der Waals surface area contributed by atoms with E-state index >= 15 is 0 Å². The Bertz CT molecular complexity index is 800. The van der Waals surface area contributed by atoms with Crippen molar-refractivity contribution >= 4 is 6.03 Å². The molecule has 2 aliphatic rings. The summed E-state index contributed by atoms with van der Waals surface area (Å²) in [6, 6.07) is 17.0. The first-order valence-corrected chi connectivity index (χ1v) is 10.3. The van der Waals surface area contributed by atoms with Crippen molar-refractivity contribution in [3.05, 3.63) is 65.2 Å². The Kier molecular flexibility index (Phi) is 5.29. The van der Waals surface area contributed by atoms with Crippen molar-refractivity contribution in [3.63, 3.8) is 0 Å². The quantitative estimate of drug-likeness (QED) is 0.771. The molecule has 2 amide bonds. The number of hydrogen-bond acceptors (Lipinski definition) is 2. The average molecular weight is 379 g/mol. The zero-order chi connectivity index (χ0) is 19.6. The van der Waals surface area contributed by atoms with Gasteiger partial charge in [-0.25, -0.2) is 4.79 Å². The number of carbonyl (C=O) groups is 1. The lowest BCUT2D eigenvalue weighted by Crippen LogP contribution is -2.57. The summed E-state index contributed by atoms with van der Waals surface area (Å²) in [4.78, 5) is 12.1. The largest absolute Gasteiger partial charge is 0.497 e. The van der Waals surface area contributed by atoms with E-state index in [1.54, 1.807) is 7.11 Å². The van der Waals surface area contributed by atoms with Gasteiger partial charge in [0, 0.05) is 12.6 Å². The fraction of sp³-hybridized carbons (Fsp3) is 0.458. The summed E-state index contributed by atoms with van der Waals surface area (Å²) < 4.78 is 5.15. The van der Waals surface area contributed by atoms with Crippen LogP contribution in [0.5, 0.6) is 5.75 Å². The van der Waals surface area contributed by atoms with Crippen molar-refractivity contribution in [1.29, 1.82) is 0 Å². The first-order chi connectivity index (χ1) is 13.5. The molecular weight excluding hydrogens is 348 g/mol. The van der Waals surface area contributed by atoms with Crippen LogP contribution in [-0.2, 0) is 13.0 Å². The molecule has 0 bridgehead atoms. The highest BCUT2D eigenvalue weighted by molar-refractivity contribution is 5.74. The van der Waals surface area contributed by atoms with E-state index < -0.39 is 0 Å². The van der Waals surface area contributed by atoms with Crippen molar-refractivity contribution in [1.82, 2.24) is 10.6 Å². The first-order valence-electron chi connectivity index (χ1n) is 10.3. The number of urea groups is 1. The van der Waals surface area contributed by atoms with E-state index in [9.17, 15) is 4.79 Å². The maximum absolute atomic E-state index is 12.1. The van der Waals surface area contributed by atoms with Gasteiger partial charge in [-0.05, 0) is 73.6 Å². The van der Waals surface area contributed by atoms with E-state index in [1.807, 2.05) is 24.3 Å². The second kappa shape index (κ2) is 7.86. The highest BCUT2D eigenvalue weighted by Crippen LogP contribution is 2.59. The van der Waals surface area contributed by atoms with Gasteiger partial charge in [0.2, 0.25) is 0 Å². The molecule has 0 heterocycles. The van der Waals surface area contributed by atoms with E-state index in [0.717, 1.165) is 30.1 Å². The van der Waals surface area contributed by atoms with Crippen LogP contribution in [0.4, 0.5) is 4.79 Å². The van der Waals surface area contributed by atoms with E-state index in [4.69, 9.17) is 4.74 Å². The molecule has 2 fully saturated rings. The molecule has 4 heteroatoms. The molecule has 4 rings (SSSR count). The van der Waals surface area contributed by atoms with Crippen molar-refractivity contribution in [2.75, 3.05) is 7.11 Å². The Labute approximate surface area is 167 Å². The third-order valence-corrected chi connectivity index (χ3v) is 6.39. The fourth-order valence-corrected chi connectivity index (χ4v) is 4.95. The summed E-state index contributed by atoms with van der Waals surface area (Å²) in [5.74, 6) is 1.64. The predicted octanol–water partition coefficient (Wildman–Crippen LogP) is 4.60. The van der Waals surface area contributed by atoms with E-state index in [1.165, 1.54) is 30.4 Å². The summed E-state index contributed by atoms with van der Waals surface area (Å²) in [7, 11) is 1.65. The van der Waals surface area contributed by atoms with Gasteiger partial charge < -0.3 is 15.4 Å². The van der Waals surface area contributed by atoms with Crippen LogP contribution >= 0.6 is 0 Å². The van der Waals surface area contributed by atoms with Crippen LogP contribution in [0, 0.1) is 18.3 Å². The van der Waals surface area contributed by atoms with Crippen LogP contribution in [0.25, 0.3) is 0 Å². The van der Waals surface area contributed by atoms with E-state index in [-0.39, 0.29) is 6.03 Å². The molecule has 0 unspecified atom stereocenters. The Hall–Kier alpha value is -2.49. The van der Waals surface area contributed by atoms with Gasteiger partial charge in [-0.3, -0.25) is 0 Å². The van der Waals surface area contributed by atoms with E-state index in [0.29, 0.717) is 18.0 Å². The molecule has 0 saturated heterocycles. The van der Waals surface area contributed by atoms with Crippen molar-refractivity contribution < 1.29 is 9.53 Å². The summed E-state index contributed by atoms with van der Waals surface area (Å²) in [5, 5.41) is 6.08. The molecule has 4 nitrogen and oxygen atoms in total. The van der Waals surface area contributed by atoms with Crippen LogP contribution in [-0.4, -0.2) is 19.2 Å². The number of amides is 2. The second-order valence-electron chi connectivity index (χ2n) is 8.74. The number of carbonyl (C=O) groups excluding carboxylic acids is 1. The lowest BCUT2D eigenvalue weighted by atomic mass is 9.49. The van der Waals surface area contributed by atoms with Gasteiger partial charge in [-0.2, -0.15) is 0 Å². The van der Waals surface area contributed by atoms with Crippen molar-refractivity contribution in [2.24, 2.45) is 11.3 Å². The molecule has 0 atom stereocenters. The average Bonchev–Trinajstić information content (AvgIpc) is 2.65. The van der Waals surface area contributed by atoms with Gasteiger partial charge in [0.15, 0.2) is 0 Å². The lowest BCUT2D eigenvalue weighted by molar-refractivity contribution is -0.0454. The molecule has 0 aliphatic heterocycles. The van der Waals surface area contributed by atoms with Crippen LogP contribution in [0.2, 0.25) is 0 Å². The molecule has 0 radical (unpaired) electrons. The fourth-order valence-electron chi connectivity index (χ4n) is 4.95. The first kappa shape index (κ1) is 18.9. The molecular formula is C24H30N2O2. The SMILES string of the molecule is COc1ccc(CNC(=O)NC2CC3(CC(Cc4ccc(C)cc4)C3)C2)cc1. The predicted molar refractivity (Wildman–Crippen MR) is 111 cm³/mol. The minimum atomic E-state index is -0.0637. The number of aryl methyl sites for hydroxylation is 1. The Morgan fingerprint density at radius 1 is 1.00 bits per heavy atom. The molecule has 2 N–H and O–H groups in total. The highest BCUT2D eigenvalue weighted by Gasteiger charge is 2.52. The highest BCUT2D eigenvalue weighted by atomic mass is 16.5. The van der Waals surface area contributed by atoms with Gasteiger partial charge in [-0.15, -0.1) is 0 Å². The zero-order valence-corrected chi connectivity index (χ0v) is 16.8. The number of ether oxygens (including phenoxy) is 1. The number of hydrogen-bond donors (Lipinski definition) is 2. The standard InChI is InChI=1S/C24H30N2O2/c1-17-3-5-18(6-4-17)11-20-12-24(13-20)14-21(15-24)26-23(27)25-16-19-7-9-22(28-2)10-8-19/h3-10,20-21H,11-16H2,1-2H3,(H2,25,26,27). The Morgan fingerprint density at radius 3 is 2.29 bits per heavy atom. The smallest absolute Gasteiger partial charge is 0.315 e. The monoisotopic (exact) mass is 378 g/mol. The molecule has 1 spiro atoms. The Balaban J connectivity index is 1.14. The number of benzene rings is 2. The summed E-state index contributed by atoms with van der Waals surface area (Å²) >= 11 is 0. The Morgan fingerprint density at radius 2 is 1.64 bits per heavy atom. The van der Waals surface area contributed by atoms with Gasteiger partial charge in [-0.1, -0.05) is 42.0 Å². The molecule has 2 aromatic carbocycles. The third-order valence-electron chi connectivity index (χ3n) is 6.39. The summed E-state index contributed by atoms with van der Waals surface area (Å²) in [6.07, 6.45) is 6.09. The van der Waals surface area contributed by atoms with Gasteiger partial charge in [0.25, 0.3) is 0 Å². The number of nitrogens with one attached hydrogen (secondary N) is 2. The van der Waals surface area contributed by atoms with Crippen LogP contribution in [0.1, 0.15) is 42.4 Å². The second-order valence-corrected chi connectivity index (χ2v) is 8.74. The van der Waals surface area contributed by atoms with Crippen LogP contribution in [0.15, 0.2) is 48.5 Å². The zero-order valence-electron chi connectivity index (χ0n) is 16.8. The van der Waals surface area contributed by atoms with Gasteiger partial charge in [0.05, 0.1) is 7.11 Å². The molecule has 0 aromatic heterocycles. The number of rotatable bonds is 6. The third kappa shape index (κ3) is 4.32. The molecule has 2 aromatic rings. The molecule has 148 valence electrons. The molecule has 28 heavy (non-hydrogen) atoms. The van der Waals surface area contributed by atoms with Crippen molar-refractivity contribution in [3.8, 4) is 5.75 Å². The minimum absolute atomic E-state index is 0.0637. The normalized spacial score (nSPS) is 25.5. The van der Waals surface area contributed by atoms with Crippen LogP contribution in [0.3, 0.4) is 0 Å². The van der Waals surface area contributed by atoms with Gasteiger partial charge in [0.1, 0.15) is 5.75 Å². The maximum atomic E-state index is 12.1. The van der Waals surface area contributed by atoms with E-state index in [2.05, 4.69) is 41.8 Å². The minimum Gasteiger partial charge on any atom is -0.497 e. The van der Waals surface area contributed by atoms with Crippen molar-refractivity contribution in [2.45, 2.75) is 51.6 Å². The topological polar surface area (TPSA) is 50.4 Å². The maximum Gasteiger partial charge on any atom is 0.315 e. The summed E-state index contributed by atoms with van der Waals surface area (Å²) in [5.41, 5.74) is 4.35. The van der Waals surface area contributed by atoms with Gasteiger partial charge >= 0.3 is 6.03 Å².